The van der Waals surface area contributed by atoms with Crippen LogP contribution in [0.25, 0.3) is 0 Å². The smallest absolute Gasteiger partial charge is 0.236 e. The van der Waals surface area contributed by atoms with Gasteiger partial charge in [-0.15, -0.1) is 0 Å². The SMILES string of the molecule is O=C(c1cccc(O)c1)S(=O)[O-]. The molecule has 64 valence electrons. The summed E-state index contributed by atoms with van der Waals surface area (Å²) < 4.78 is 20.4. The fourth-order valence-corrected chi connectivity index (χ4v) is 1.05. The van der Waals surface area contributed by atoms with Gasteiger partial charge in [-0.2, -0.15) is 0 Å². The van der Waals surface area contributed by atoms with Crippen molar-refractivity contribution in [3.05, 3.63) is 29.8 Å². The number of phenols is 1. The van der Waals surface area contributed by atoms with E-state index < -0.39 is 16.2 Å². The molecule has 5 heteroatoms. The molecule has 0 heterocycles. The van der Waals surface area contributed by atoms with E-state index in [9.17, 15) is 13.6 Å². The second kappa shape index (κ2) is 3.46. The number of carbonyl (C=O) groups is 1. The summed E-state index contributed by atoms with van der Waals surface area (Å²) in [6.07, 6.45) is 0. The lowest BCUT2D eigenvalue weighted by molar-refractivity contribution is 0.107. The molecule has 1 aromatic rings. The zero-order valence-electron chi connectivity index (χ0n) is 5.89. The second-order valence-corrected chi connectivity index (χ2v) is 2.91. The van der Waals surface area contributed by atoms with E-state index in [1.165, 1.54) is 18.2 Å². The fraction of sp³-hybridized carbons (Fsp3) is 0. The van der Waals surface area contributed by atoms with Crippen LogP contribution in [-0.2, 0) is 11.1 Å². The summed E-state index contributed by atoms with van der Waals surface area (Å²) in [5.41, 5.74) is -0.0386. The molecule has 0 aliphatic rings. The minimum Gasteiger partial charge on any atom is -0.766 e. The molecule has 1 N–H and O–H groups in total. The largest absolute Gasteiger partial charge is 0.766 e. The minimum atomic E-state index is -2.77. The van der Waals surface area contributed by atoms with Gasteiger partial charge in [0.15, 0.2) is 0 Å². The number of hydrogen-bond donors (Lipinski definition) is 1. The summed E-state index contributed by atoms with van der Waals surface area (Å²) in [4.78, 5) is 10.8. The van der Waals surface area contributed by atoms with Crippen LogP contribution in [0, 0.1) is 0 Å². The first-order valence-corrected chi connectivity index (χ1v) is 4.11. The Balaban J connectivity index is 3.04. The molecule has 0 fully saturated rings. The molecule has 0 aromatic heterocycles. The molecule has 4 nitrogen and oxygen atoms in total. The third kappa shape index (κ3) is 1.90. The van der Waals surface area contributed by atoms with Gasteiger partial charge in [-0.1, -0.05) is 12.1 Å². The number of rotatable bonds is 1. The van der Waals surface area contributed by atoms with Gasteiger partial charge in [0.05, 0.1) is 0 Å². The highest BCUT2D eigenvalue weighted by Crippen LogP contribution is 2.11. The van der Waals surface area contributed by atoms with E-state index in [1.54, 1.807) is 0 Å². The summed E-state index contributed by atoms with van der Waals surface area (Å²) in [5.74, 6) is -0.133. The Morgan fingerprint density at radius 1 is 1.50 bits per heavy atom. The van der Waals surface area contributed by atoms with E-state index in [1.807, 2.05) is 0 Å². The number of hydrogen-bond acceptors (Lipinski definition) is 4. The van der Waals surface area contributed by atoms with Crippen molar-refractivity contribution in [3.8, 4) is 5.75 Å². The van der Waals surface area contributed by atoms with Crippen LogP contribution in [0.15, 0.2) is 24.3 Å². The van der Waals surface area contributed by atoms with Crippen LogP contribution in [-0.4, -0.2) is 19.0 Å². The normalized spacial score (nSPS) is 12.4. The number of phenolic OH excluding ortho intramolecular Hbond substituents is 1. The standard InChI is InChI=1S/C7H6O4S/c8-6-3-1-2-5(4-6)7(9)12(10)11/h1-4,8H,(H,10,11)/p-1. The summed E-state index contributed by atoms with van der Waals surface area (Å²) in [6.45, 7) is 0. The Hall–Kier alpha value is -1.20. The molecule has 1 rings (SSSR count). The highest BCUT2D eigenvalue weighted by Gasteiger charge is 2.05. The summed E-state index contributed by atoms with van der Waals surface area (Å²) >= 11 is -2.77. The van der Waals surface area contributed by atoms with Gasteiger partial charge in [0, 0.05) is 16.6 Å². The first kappa shape index (κ1) is 8.89. The van der Waals surface area contributed by atoms with Gasteiger partial charge in [-0.25, -0.2) is 0 Å². The Morgan fingerprint density at radius 3 is 2.67 bits per heavy atom. The van der Waals surface area contributed by atoms with Crippen molar-refractivity contribution in [3.63, 3.8) is 0 Å². The van der Waals surface area contributed by atoms with Crippen LogP contribution in [0.1, 0.15) is 10.4 Å². The third-order valence-electron chi connectivity index (χ3n) is 1.23. The van der Waals surface area contributed by atoms with Gasteiger partial charge < -0.3 is 9.66 Å². The quantitative estimate of drug-likeness (QED) is 0.643. The predicted molar refractivity (Wildman–Crippen MR) is 41.4 cm³/mol. The predicted octanol–water partition coefficient (Wildman–Crippen LogP) is 0.412. The Labute approximate surface area is 71.1 Å². The molecule has 0 radical (unpaired) electrons. The lowest BCUT2D eigenvalue weighted by atomic mass is 10.2. The van der Waals surface area contributed by atoms with Gasteiger partial charge >= 0.3 is 0 Å². The maximum absolute atomic E-state index is 10.8. The fourth-order valence-electron chi connectivity index (χ4n) is 0.729. The van der Waals surface area contributed by atoms with Crippen molar-refractivity contribution in [2.24, 2.45) is 0 Å². The summed E-state index contributed by atoms with van der Waals surface area (Å²) in [5, 5.41) is 7.87. The maximum Gasteiger partial charge on any atom is 0.236 e. The minimum absolute atomic E-state index is 0.0386. The molecular formula is C7H5O4S-. The van der Waals surface area contributed by atoms with Crippen LogP contribution in [0.3, 0.4) is 0 Å². The molecular weight excluding hydrogens is 180 g/mol. The molecule has 1 aromatic carbocycles. The first-order chi connectivity index (χ1) is 5.61. The summed E-state index contributed by atoms with van der Waals surface area (Å²) in [7, 11) is 0. The molecule has 1 atom stereocenters. The van der Waals surface area contributed by atoms with Crippen molar-refractivity contribution in [2.45, 2.75) is 0 Å². The van der Waals surface area contributed by atoms with Crippen molar-refractivity contribution >= 4 is 16.2 Å². The Bertz CT molecular complexity index is 334. The molecule has 0 amide bonds. The molecule has 12 heavy (non-hydrogen) atoms. The Morgan fingerprint density at radius 2 is 2.17 bits per heavy atom. The highest BCUT2D eigenvalue weighted by molar-refractivity contribution is 7.95. The molecule has 0 saturated heterocycles. The third-order valence-corrected chi connectivity index (χ3v) is 1.77. The van der Waals surface area contributed by atoms with E-state index in [-0.39, 0.29) is 11.3 Å². The molecule has 0 spiro atoms. The van der Waals surface area contributed by atoms with Gasteiger partial charge in [0.2, 0.25) is 5.12 Å². The van der Waals surface area contributed by atoms with Gasteiger partial charge in [0.1, 0.15) is 5.75 Å². The summed E-state index contributed by atoms with van der Waals surface area (Å²) in [6, 6.07) is 5.16. The lowest BCUT2D eigenvalue weighted by Crippen LogP contribution is -2.05. The topological polar surface area (TPSA) is 77.4 Å². The number of benzene rings is 1. The van der Waals surface area contributed by atoms with E-state index in [0.717, 1.165) is 6.07 Å². The van der Waals surface area contributed by atoms with Crippen molar-refractivity contribution in [1.82, 2.24) is 0 Å². The lowest BCUT2D eigenvalue weighted by Gasteiger charge is -2.02. The first-order valence-electron chi connectivity index (χ1n) is 3.04. The van der Waals surface area contributed by atoms with E-state index in [4.69, 9.17) is 5.11 Å². The molecule has 1 unspecified atom stereocenters. The molecule has 0 bridgehead atoms. The molecule has 0 saturated carbocycles. The highest BCUT2D eigenvalue weighted by atomic mass is 32.2. The average Bonchev–Trinajstić information content (AvgIpc) is 2.03. The monoisotopic (exact) mass is 185 g/mol. The van der Waals surface area contributed by atoms with Crippen LogP contribution >= 0.6 is 0 Å². The second-order valence-electron chi connectivity index (χ2n) is 2.07. The molecule has 0 aliphatic carbocycles. The van der Waals surface area contributed by atoms with Crippen molar-refractivity contribution < 1.29 is 18.7 Å². The van der Waals surface area contributed by atoms with Gasteiger partial charge in [-0.3, -0.25) is 9.00 Å². The van der Waals surface area contributed by atoms with Crippen LogP contribution in [0.2, 0.25) is 0 Å². The van der Waals surface area contributed by atoms with Crippen LogP contribution in [0.5, 0.6) is 5.75 Å². The van der Waals surface area contributed by atoms with Crippen LogP contribution < -0.4 is 0 Å². The maximum atomic E-state index is 10.8. The van der Waals surface area contributed by atoms with E-state index >= 15 is 0 Å². The average molecular weight is 185 g/mol. The molecule has 0 aliphatic heterocycles. The zero-order chi connectivity index (χ0) is 9.14. The number of aromatic hydroxyl groups is 1. The van der Waals surface area contributed by atoms with E-state index in [0.29, 0.717) is 0 Å². The Kier molecular flexibility index (Phi) is 2.57. The van der Waals surface area contributed by atoms with Crippen molar-refractivity contribution in [2.75, 3.05) is 0 Å². The van der Waals surface area contributed by atoms with Gasteiger partial charge in [0.25, 0.3) is 0 Å². The zero-order valence-corrected chi connectivity index (χ0v) is 6.71. The van der Waals surface area contributed by atoms with E-state index in [2.05, 4.69) is 0 Å². The van der Waals surface area contributed by atoms with Gasteiger partial charge in [-0.05, 0) is 12.1 Å². The number of carbonyl (C=O) groups excluding carboxylic acids is 1. The van der Waals surface area contributed by atoms with Crippen LogP contribution in [0.4, 0.5) is 0 Å². The van der Waals surface area contributed by atoms with Crippen molar-refractivity contribution in [1.29, 1.82) is 0 Å².